The molecule has 0 heterocycles. The van der Waals surface area contributed by atoms with Crippen LogP contribution in [0.15, 0.2) is 0 Å². The molecule has 0 aliphatic rings. The summed E-state index contributed by atoms with van der Waals surface area (Å²) in [4.78, 5) is 2.13. The maximum Gasteiger partial charge on any atom is 0.0596 e. The molecular weight excluding hydrogens is 148 g/mol. The molecule has 0 radical (unpaired) electrons. The molecule has 0 aliphatic heterocycles. The summed E-state index contributed by atoms with van der Waals surface area (Å²) in [5.74, 6) is 3.34. The summed E-state index contributed by atoms with van der Waals surface area (Å²) in [7, 11) is 2.04. The molecule has 0 spiro atoms. The molecule has 1 N–H and O–H groups in total. The van der Waals surface area contributed by atoms with E-state index < -0.39 is 0 Å². The Kier molecular flexibility index (Phi) is 6.84. The second-order valence-electron chi connectivity index (χ2n) is 3.54. The molecule has 0 aromatic heterocycles. The summed E-state index contributed by atoms with van der Waals surface area (Å²) in [6.07, 6.45) is 5.17. The second-order valence-corrected chi connectivity index (χ2v) is 3.54. The van der Waals surface area contributed by atoms with Crippen molar-refractivity contribution in [2.75, 3.05) is 33.2 Å². The second kappa shape index (κ2) is 7.15. The smallest absolute Gasteiger partial charge is 0.0596 e. The lowest BCUT2D eigenvalue weighted by Gasteiger charge is -2.14. The van der Waals surface area contributed by atoms with Crippen molar-refractivity contribution < 1.29 is 0 Å². The molecule has 2 nitrogen and oxygen atoms in total. The number of rotatable bonds is 6. The molecular formula is C10H20N2. The minimum atomic E-state index is 0.725. The molecule has 0 fully saturated rings. The van der Waals surface area contributed by atoms with Crippen LogP contribution in [0.3, 0.4) is 0 Å². The molecule has 0 atom stereocenters. The number of hydrogen-bond acceptors (Lipinski definition) is 2. The average molecular weight is 168 g/mol. The Morgan fingerprint density at radius 1 is 1.50 bits per heavy atom. The maximum atomic E-state index is 5.17. The van der Waals surface area contributed by atoms with Gasteiger partial charge in [0, 0.05) is 13.1 Å². The summed E-state index contributed by atoms with van der Waals surface area (Å²) in [5, 5.41) is 3.36. The lowest BCUT2D eigenvalue weighted by atomic mass is 10.2. The van der Waals surface area contributed by atoms with E-state index in [1.807, 2.05) is 7.05 Å². The lowest BCUT2D eigenvalue weighted by molar-refractivity contribution is 0.366. The summed E-state index contributed by atoms with van der Waals surface area (Å²) in [6, 6.07) is 0. The molecule has 0 aromatic carbocycles. The normalized spacial score (nSPS) is 10.7. The Balaban J connectivity index is 3.15. The van der Waals surface area contributed by atoms with E-state index in [9.17, 15) is 0 Å². The topological polar surface area (TPSA) is 15.3 Å². The van der Waals surface area contributed by atoms with Crippen molar-refractivity contribution >= 4 is 0 Å². The van der Waals surface area contributed by atoms with Crippen molar-refractivity contribution in [3.05, 3.63) is 0 Å². The lowest BCUT2D eigenvalue weighted by Crippen LogP contribution is -2.31. The van der Waals surface area contributed by atoms with Gasteiger partial charge in [-0.2, -0.15) is 0 Å². The SMILES string of the molecule is C#CCN(C)CCNCC(C)C. The molecule has 0 unspecified atom stereocenters. The monoisotopic (exact) mass is 168 g/mol. The first-order valence-corrected chi connectivity index (χ1v) is 4.49. The van der Waals surface area contributed by atoms with Gasteiger partial charge in [-0.05, 0) is 19.5 Å². The van der Waals surface area contributed by atoms with E-state index in [-0.39, 0.29) is 0 Å². The van der Waals surface area contributed by atoms with E-state index in [4.69, 9.17) is 6.42 Å². The van der Waals surface area contributed by atoms with Crippen LogP contribution in [0.1, 0.15) is 13.8 Å². The van der Waals surface area contributed by atoms with Gasteiger partial charge in [-0.15, -0.1) is 6.42 Å². The van der Waals surface area contributed by atoms with Gasteiger partial charge in [-0.3, -0.25) is 4.90 Å². The highest BCUT2D eigenvalue weighted by molar-refractivity contribution is 4.87. The summed E-state index contributed by atoms with van der Waals surface area (Å²) in [6.45, 7) is 8.29. The summed E-state index contributed by atoms with van der Waals surface area (Å²) in [5.41, 5.74) is 0. The molecule has 70 valence electrons. The Morgan fingerprint density at radius 2 is 2.17 bits per heavy atom. The third kappa shape index (κ3) is 7.59. The van der Waals surface area contributed by atoms with Gasteiger partial charge in [0.05, 0.1) is 6.54 Å². The van der Waals surface area contributed by atoms with Crippen molar-refractivity contribution in [2.45, 2.75) is 13.8 Å². The third-order valence-electron chi connectivity index (χ3n) is 1.58. The van der Waals surface area contributed by atoms with E-state index in [0.29, 0.717) is 0 Å². The quantitative estimate of drug-likeness (QED) is 0.466. The Morgan fingerprint density at radius 3 is 2.67 bits per heavy atom. The van der Waals surface area contributed by atoms with Gasteiger partial charge in [0.25, 0.3) is 0 Å². The Labute approximate surface area is 76.3 Å². The molecule has 0 aromatic rings. The van der Waals surface area contributed by atoms with Crippen molar-refractivity contribution in [1.82, 2.24) is 10.2 Å². The molecule has 2 heteroatoms. The van der Waals surface area contributed by atoms with Crippen LogP contribution in [0, 0.1) is 18.3 Å². The van der Waals surface area contributed by atoms with Gasteiger partial charge in [0.1, 0.15) is 0 Å². The van der Waals surface area contributed by atoms with Crippen LogP contribution in [-0.2, 0) is 0 Å². The van der Waals surface area contributed by atoms with Gasteiger partial charge < -0.3 is 5.32 Å². The van der Waals surface area contributed by atoms with Crippen LogP contribution >= 0.6 is 0 Å². The molecule has 12 heavy (non-hydrogen) atoms. The van der Waals surface area contributed by atoms with E-state index in [0.717, 1.165) is 32.1 Å². The van der Waals surface area contributed by atoms with Crippen LogP contribution in [0.5, 0.6) is 0 Å². The van der Waals surface area contributed by atoms with Crippen molar-refractivity contribution in [3.63, 3.8) is 0 Å². The van der Waals surface area contributed by atoms with Gasteiger partial charge >= 0.3 is 0 Å². The van der Waals surface area contributed by atoms with Crippen molar-refractivity contribution in [2.24, 2.45) is 5.92 Å². The Bertz CT molecular complexity index is 135. The highest BCUT2D eigenvalue weighted by Crippen LogP contribution is 1.86. The number of nitrogens with zero attached hydrogens (tertiary/aromatic N) is 1. The first-order valence-electron chi connectivity index (χ1n) is 4.49. The van der Waals surface area contributed by atoms with Gasteiger partial charge in [-0.1, -0.05) is 19.8 Å². The van der Waals surface area contributed by atoms with Crippen LogP contribution < -0.4 is 5.32 Å². The van der Waals surface area contributed by atoms with Crippen LogP contribution in [0.25, 0.3) is 0 Å². The largest absolute Gasteiger partial charge is 0.315 e. The zero-order valence-electron chi connectivity index (χ0n) is 8.43. The van der Waals surface area contributed by atoms with Gasteiger partial charge in [0.15, 0.2) is 0 Å². The van der Waals surface area contributed by atoms with Crippen LogP contribution in [0.4, 0.5) is 0 Å². The molecule has 0 amide bonds. The third-order valence-corrected chi connectivity index (χ3v) is 1.58. The minimum absolute atomic E-state index is 0.725. The fourth-order valence-electron chi connectivity index (χ4n) is 0.896. The van der Waals surface area contributed by atoms with Gasteiger partial charge in [-0.25, -0.2) is 0 Å². The Hall–Kier alpha value is -0.520. The van der Waals surface area contributed by atoms with Crippen LogP contribution in [-0.4, -0.2) is 38.1 Å². The summed E-state index contributed by atoms with van der Waals surface area (Å²) >= 11 is 0. The highest BCUT2D eigenvalue weighted by Gasteiger charge is 1.95. The van der Waals surface area contributed by atoms with Crippen LogP contribution in [0.2, 0.25) is 0 Å². The van der Waals surface area contributed by atoms with E-state index in [1.165, 1.54) is 0 Å². The van der Waals surface area contributed by atoms with Crippen molar-refractivity contribution in [3.8, 4) is 12.3 Å². The molecule has 0 saturated heterocycles. The predicted octanol–water partition coefficient (Wildman–Crippen LogP) is 0.797. The first kappa shape index (κ1) is 11.5. The maximum absolute atomic E-state index is 5.17. The molecule has 0 bridgehead atoms. The molecule has 0 aliphatic carbocycles. The highest BCUT2D eigenvalue weighted by atomic mass is 15.1. The minimum Gasteiger partial charge on any atom is -0.315 e. The number of hydrogen-bond donors (Lipinski definition) is 1. The zero-order valence-corrected chi connectivity index (χ0v) is 8.43. The van der Waals surface area contributed by atoms with E-state index in [2.05, 4.69) is 30.0 Å². The first-order chi connectivity index (χ1) is 5.66. The van der Waals surface area contributed by atoms with Crippen molar-refractivity contribution in [1.29, 1.82) is 0 Å². The van der Waals surface area contributed by atoms with Gasteiger partial charge in [0.2, 0.25) is 0 Å². The molecule has 0 rings (SSSR count). The summed E-state index contributed by atoms with van der Waals surface area (Å²) < 4.78 is 0. The number of likely N-dealkylation sites (N-methyl/N-ethyl adjacent to an activating group) is 1. The van der Waals surface area contributed by atoms with E-state index in [1.54, 1.807) is 0 Å². The fourth-order valence-corrected chi connectivity index (χ4v) is 0.896. The van der Waals surface area contributed by atoms with E-state index >= 15 is 0 Å². The standard InChI is InChI=1S/C10H20N2/c1-5-7-12(4)8-6-11-9-10(2)3/h1,10-11H,6-9H2,2-4H3. The average Bonchev–Trinajstić information content (AvgIpc) is 1.98. The predicted molar refractivity (Wildman–Crippen MR) is 54.0 cm³/mol. The zero-order chi connectivity index (χ0) is 9.40. The number of nitrogens with one attached hydrogen (secondary N) is 1. The number of terminal acetylenes is 1. The molecule has 0 saturated carbocycles. The fraction of sp³-hybridized carbons (Fsp3) is 0.800.